The van der Waals surface area contributed by atoms with Crippen LogP contribution in [0.3, 0.4) is 0 Å². The van der Waals surface area contributed by atoms with Crippen LogP contribution in [-0.4, -0.2) is 69.3 Å². The van der Waals surface area contributed by atoms with Gasteiger partial charge >= 0.3 is 5.97 Å². The monoisotopic (exact) mass is 344 g/mol. The lowest BCUT2D eigenvalue weighted by atomic mass is 9.99. The van der Waals surface area contributed by atoms with E-state index in [2.05, 4.69) is 0 Å². The summed E-state index contributed by atoms with van der Waals surface area (Å²) in [6, 6.07) is 4.42. The first-order valence-electron chi connectivity index (χ1n) is 7.21. The number of hydrogen-bond donors (Lipinski definition) is 5. The van der Waals surface area contributed by atoms with Crippen molar-refractivity contribution in [1.82, 2.24) is 0 Å². The Morgan fingerprint density at radius 2 is 1.88 bits per heavy atom. The molecule has 0 saturated carbocycles. The van der Waals surface area contributed by atoms with Crippen molar-refractivity contribution in [2.24, 2.45) is 0 Å². The highest BCUT2D eigenvalue weighted by Crippen LogP contribution is 2.31. The predicted molar refractivity (Wildman–Crippen MR) is 78.6 cm³/mol. The number of ether oxygens (including phenoxy) is 3. The molecule has 1 aliphatic rings. The number of carboxylic acids is 1. The number of benzene rings is 1. The molecule has 1 heterocycles. The Labute approximate surface area is 137 Å². The van der Waals surface area contributed by atoms with Crippen molar-refractivity contribution in [3.63, 3.8) is 0 Å². The fourth-order valence-electron chi connectivity index (χ4n) is 2.39. The highest BCUT2D eigenvalue weighted by Gasteiger charge is 2.48. The summed E-state index contributed by atoms with van der Waals surface area (Å²) >= 11 is 0. The van der Waals surface area contributed by atoms with Gasteiger partial charge in [-0.1, -0.05) is 0 Å². The van der Waals surface area contributed by atoms with Gasteiger partial charge in [-0.2, -0.15) is 0 Å². The maximum Gasteiger partial charge on any atom is 0.335 e. The van der Waals surface area contributed by atoms with Gasteiger partial charge in [0.2, 0.25) is 6.29 Å². The fourth-order valence-corrected chi connectivity index (χ4v) is 2.39. The van der Waals surface area contributed by atoms with Gasteiger partial charge < -0.3 is 39.7 Å². The van der Waals surface area contributed by atoms with Gasteiger partial charge in [0.25, 0.3) is 0 Å². The summed E-state index contributed by atoms with van der Waals surface area (Å²) in [4.78, 5) is 11.1. The average Bonchev–Trinajstić information content (AvgIpc) is 2.54. The van der Waals surface area contributed by atoms with Gasteiger partial charge in [-0.15, -0.1) is 0 Å². The SMILES string of the molecule is COc1cc(OC2OC(C(=O)O)C(O)C(O)C2O)ccc1C(C)O. The van der Waals surface area contributed by atoms with Crippen LogP contribution in [0.4, 0.5) is 0 Å². The number of aliphatic hydroxyl groups excluding tert-OH is 4. The normalized spacial score (nSPS) is 31.3. The molecule has 0 radical (unpaired) electrons. The third-order valence-corrected chi connectivity index (χ3v) is 3.72. The van der Waals surface area contributed by atoms with E-state index in [0.29, 0.717) is 11.3 Å². The second-order valence-corrected chi connectivity index (χ2v) is 5.43. The van der Waals surface area contributed by atoms with Gasteiger partial charge in [0.05, 0.1) is 13.2 Å². The number of methoxy groups -OCH3 is 1. The predicted octanol–water partition coefficient (Wildman–Crippen LogP) is -0.980. The minimum Gasteiger partial charge on any atom is -0.496 e. The van der Waals surface area contributed by atoms with Crippen LogP contribution in [0.5, 0.6) is 11.5 Å². The van der Waals surface area contributed by atoms with E-state index in [1.807, 2.05) is 0 Å². The van der Waals surface area contributed by atoms with Crippen molar-refractivity contribution >= 4 is 5.97 Å². The third kappa shape index (κ3) is 3.60. The summed E-state index contributed by atoms with van der Waals surface area (Å²) in [5.74, 6) is -1.01. The summed E-state index contributed by atoms with van der Waals surface area (Å²) in [6.07, 6.45) is -9.22. The molecule has 24 heavy (non-hydrogen) atoms. The van der Waals surface area contributed by atoms with Crippen LogP contribution >= 0.6 is 0 Å². The van der Waals surface area contributed by atoms with E-state index >= 15 is 0 Å². The Morgan fingerprint density at radius 3 is 2.42 bits per heavy atom. The molecule has 1 aromatic rings. The van der Waals surface area contributed by atoms with Gasteiger partial charge in [0.15, 0.2) is 6.10 Å². The number of carbonyl (C=O) groups is 1. The zero-order chi connectivity index (χ0) is 18.0. The van der Waals surface area contributed by atoms with Crippen LogP contribution in [0, 0.1) is 0 Å². The summed E-state index contributed by atoms with van der Waals surface area (Å²) in [6.45, 7) is 1.56. The topological polar surface area (TPSA) is 146 Å². The van der Waals surface area contributed by atoms with E-state index in [4.69, 9.17) is 19.3 Å². The molecule has 0 bridgehead atoms. The molecule has 134 valence electrons. The van der Waals surface area contributed by atoms with E-state index < -0.39 is 42.8 Å². The van der Waals surface area contributed by atoms with E-state index in [1.165, 1.54) is 25.3 Å². The number of carboxylic acid groups (broad SMARTS) is 1. The van der Waals surface area contributed by atoms with E-state index in [1.54, 1.807) is 6.92 Å². The van der Waals surface area contributed by atoms with Gasteiger partial charge in [0.1, 0.15) is 29.8 Å². The van der Waals surface area contributed by atoms with Crippen molar-refractivity contribution in [1.29, 1.82) is 0 Å². The molecule has 0 spiro atoms. The van der Waals surface area contributed by atoms with E-state index in [-0.39, 0.29) is 5.75 Å². The Hall–Kier alpha value is -1.91. The van der Waals surface area contributed by atoms with Gasteiger partial charge in [-0.05, 0) is 19.1 Å². The quantitative estimate of drug-likeness (QED) is 0.455. The summed E-state index contributed by atoms with van der Waals surface area (Å²) in [5.41, 5.74) is 0.508. The maximum atomic E-state index is 11.1. The molecule has 1 aliphatic heterocycles. The number of aliphatic hydroxyl groups is 4. The number of aliphatic carboxylic acids is 1. The van der Waals surface area contributed by atoms with Crippen LogP contribution in [0.2, 0.25) is 0 Å². The fraction of sp³-hybridized carbons (Fsp3) is 0.533. The molecule has 6 atom stereocenters. The standard InChI is InChI=1S/C15H20O9/c1-6(16)8-4-3-7(5-9(8)22-2)23-15-12(19)10(17)11(18)13(24-15)14(20)21/h3-6,10-13,15-19H,1-2H3,(H,20,21). The molecule has 0 aromatic heterocycles. The highest BCUT2D eigenvalue weighted by molar-refractivity contribution is 5.73. The zero-order valence-corrected chi connectivity index (χ0v) is 13.1. The molecule has 1 fully saturated rings. The molecular weight excluding hydrogens is 324 g/mol. The van der Waals surface area contributed by atoms with Crippen LogP contribution in [0.15, 0.2) is 18.2 Å². The lowest BCUT2D eigenvalue weighted by Gasteiger charge is -2.38. The molecule has 0 aliphatic carbocycles. The first kappa shape index (κ1) is 18.4. The number of hydrogen-bond acceptors (Lipinski definition) is 8. The van der Waals surface area contributed by atoms with Gasteiger partial charge in [-0.25, -0.2) is 4.79 Å². The molecular formula is C15H20O9. The molecule has 1 saturated heterocycles. The van der Waals surface area contributed by atoms with Crippen molar-refractivity contribution in [2.45, 2.75) is 43.7 Å². The van der Waals surface area contributed by atoms with Crippen LogP contribution < -0.4 is 9.47 Å². The molecule has 0 amide bonds. The average molecular weight is 344 g/mol. The smallest absolute Gasteiger partial charge is 0.335 e. The van der Waals surface area contributed by atoms with Gasteiger partial charge in [0, 0.05) is 11.6 Å². The van der Waals surface area contributed by atoms with E-state index in [9.17, 15) is 25.2 Å². The second kappa shape index (κ2) is 7.32. The largest absolute Gasteiger partial charge is 0.496 e. The first-order valence-corrected chi connectivity index (χ1v) is 7.21. The molecule has 2 rings (SSSR count). The Morgan fingerprint density at radius 1 is 1.21 bits per heavy atom. The number of rotatable bonds is 5. The summed E-state index contributed by atoms with van der Waals surface area (Å²) in [5, 5.41) is 47.9. The van der Waals surface area contributed by atoms with Crippen LogP contribution in [0.1, 0.15) is 18.6 Å². The minimum absolute atomic E-state index is 0.160. The molecule has 6 unspecified atom stereocenters. The Kier molecular flexibility index (Phi) is 5.62. The van der Waals surface area contributed by atoms with Crippen molar-refractivity contribution < 1.29 is 44.5 Å². The second-order valence-electron chi connectivity index (χ2n) is 5.43. The molecule has 9 nitrogen and oxygen atoms in total. The zero-order valence-electron chi connectivity index (χ0n) is 13.1. The van der Waals surface area contributed by atoms with Gasteiger partial charge in [-0.3, -0.25) is 0 Å². The Bertz CT molecular complexity index is 588. The Balaban J connectivity index is 2.21. The van der Waals surface area contributed by atoms with Crippen molar-refractivity contribution in [3.8, 4) is 11.5 Å². The minimum atomic E-state index is -1.79. The van der Waals surface area contributed by atoms with E-state index in [0.717, 1.165) is 0 Å². The summed E-state index contributed by atoms with van der Waals surface area (Å²) < 4.78 is 15.5. The third-order valence-electron chi connectivity index (χ3n) is 3.72. The van der Waals surface area contributed by atoms with Crippen molar-refractivity contribution in [2.75, 3.05) is 7.11 Å². The first-order chi connectivity index (χ1) is 11.3. The van der Waals surface area contributed by atoms with Crippen molar-refractivity contribution in [3.05, 3.63) is 23.8 Å². The lowest BCUT2D eigenvalue weighted by Crippen LogP contribution is -2.61. The lowest BCUT2D eigenvalue weighted by molar-refractivity contribution is -0.271. The molecule has 1 aromatic carbocycles. The molecule has 5 N–H and O–H groups in total. The maximum absolute atomic E-state index is 11.1. The molecule has 9 heteroatoms. The van der Waals surface area contributed by atoms with Crippen LogP contribution in [-0.2, 0) is 9.53 Å². The summed E-state index contributed by atoms with van der Waals surface area (Å²) in [7, 11) is 1.40. The van der Waals surface area contributed by atoms with Crippen LogP contribution in [0.25, 0.3) is 0 Å². The highest BCUT2D eigenvalue weighted by atomic mass is 16.7.